The minimum Gasteiger partial charge on any atom is -0.456 e. The van der Waals surface area contributed by atoms with Crippen LogP contribution in [0.1, 0.15) is 55.9 Å². The maximum atomic E-state index is 6.68. The van der Waals surface area contributed by atoms with Crippen molar-refractivity contribution in [3.63, 3.8) is 0 Å². The van der Waals surface area contributed by atoms with E-state index in [0.29, 0.717) is 0 Å². The first kappa shape index (κ1) is 28.1. The zero-order valence-electron chi connectivity index (χ0n) is 28.0. The number of nitrogens with zero attached hydrogens (tertiary/aromatic N) is 3. The van der Waals surface area contributed by atoms with Crippen LogP contribution in [-0.2, 0) is 11.8 Å². The smallest absolute Gasteiger partial charge is 0.231 e. The van der Waals surface area contributed by atoms with Crippen LogP contribution in [0.15, 0.2) is 93.8 Å². The number of hydrogen-bond acceptors (Lipinski definition) is 6. The molecule has 1 saturated carbocycles. The third-order valence-electron chi connectivity index (χ3n) is 12.0. The first-order valence-corrected chi connectivity index (χ1v) is 18.9. The van der Waals surface area contributed by atoms with E-state index in [0.717, 1.165) is 87.1 Å². The number of rotatable bonds is 2. The first-order chi connectivity index (χ1) is 25.2. The molecular formula is C45H31N3O2S. The van der Waals surface area contributed by atoms with Gasteiger partial charge in [0.25, 0.3) is 0 Å². The Morgan fingerprint density at radius 2 is 1.76 bits per heavy atom. The molecule has 2 unspecified atom stereocenters. The predicted octanol–water partition coefficient (Wildman–Crippen LogP) is 12.2. The Kier molecular flexibility index (Phi) is 5.51. The van der Waals surface area contributed by atoms with Crippen molar-refractivity contribution >= 4 is 93.0 Å². The topological polar surface area (TPSA) is 55.3 Å². The zero-order valence-corrected chi connectivity index (χ0v) is 28.9. The van der Waals surface area contributed by atoms with Crippen molar-refractivity contribution in [1.82, 2.24) is 9.97 Å². The van der Waals surface area contributed by atoms with Gasteiger partial charge in [-0.3, -0.25) is 0 Å². The van der Waals surface area contributed by atoms with Gasteiger partial charge in [0.1, 0.15) is 28.1 Å². The summed E-state index contributed by atoms with van der Waals surface area (Å²) in [5.41, 5.74) is 9.02. The van der Waals surface area contributed by atoms with E-state index < -0.39 is 0 Å². The van der Waals surface area contributed by atoms with Crippen LogP contribution in [0, 0.1) is 12.1 Å². The summed E-state index contributed by atoms with van der Waals surface area (Å²) in [4.78, 5) is 13.7. The number of anilines is 2. The summed E-state index contributed by atoms with van der Waals surface area (Å²) in [5.74, 6) is 1.64. The second-order valence-electron chi connectivity index (χ2n) is 14.7. The minimum atomic E-state index is -0.0697. The maximum Gasteiger partial charge on any atom is 0.231 e. The van der Waals surface area contributed by atoms with E-state index in [9.17, 15) is 0 Å². The van der Waals surface area contributed by atoms with Gasteiger partial charge in [-0.05, 0) is 79.1 Å². The molecule has 244 valence electrons. The van der Waals surface area contributed by atoms with E-state index in [2.05, 4.69) is 96.8 Å². The van der Waals surface area contributed by atoms with E-state index in [1.165, 1.54) is 55.2 Å². The molecule has 2 aliphatic carbocycles. The molecule has 1 fully saturated rings. The Bertz CT molecular complexity index is 2980. The highest BCUT2D eigenvalue weighted by Gasteiger charge is 2.52. The van der Waals surface area contributed by atoms with Crippen LogP contribution in [0.4, 0.5) is 11.6 Å². The highest BCUT2D eigenvalue weighted by molar-refractivity contribution is 7.26. The third-order valence-corrected chi connectivity index (χ3v) is 13.2. The van der Waals surface area contributed by atoms with E-state index in [4.69, 9.17) is 18.8 Å². The number of fused-ring (bicyclic) bond motifs is 16. The summed E-state index contributed by atoms with van der Waals surface area (Å²) in [6, 6.07) is 34.9. The quantitative estimate of drug-likeness (QED) is 0.182. The lowest BCUT2D eigenvalue weighted by atomic mass is 9.68. The van der Waals surface area contributed by atoms with Crippen LogP contribution in [-0.4, -0.2) is 16.0 Å². The number of para-hydroxylation sites is 1. The van der Waals surface area contributed by atoms with Gasteiger partial charge in [0, 0.05) is 53.5 Å². The lowest BCUT2D eigenvalue weighted by Crippen LogP contribution is -2.43. The van der Waals surface area contributed by atoms with Crippen LogP contribution >= 0.6 is 11.3 Å². The summed E-state index contributed by atoms with van der Waals surface area (Å²) in [7, 11) is 0. The molecule has 0 amide bonds. The monoisotopic (exact) mass is 677 g/mol. The van der Waals surface area contributed by atoms with Crippen molar-refractivity contribution in [3.05, 3.63) is 114 Å². The van der Waals surface area contributed by atoms with Gasteiger partial charge in [0.15, 0.2) is 5.58 Å². The van der Waals surface area contributed by atoms with Crippen molar-refractivity contribution in [3.8, 4) is 11.3 Å². The Hall–Kier alpha value is -5.64. The predicted molar refractivity (Wildman–Crippen MR) is 208 cm³/mol. The normalized spacial score (nSPS) is 19.8. The minimum absolute atomic E-state index is 0.0697. The van der Waals surface area contributed by atoms with Gasteiger partial charge < -0.3 is 13.7 Å². The third kappa shape index (κ3) is 3.67. The summed E-state index contributed by atoms with van der Waals surface area (Å²) in [5, 5.41) is 7.22. The molecule has 5 nitrogen and oxygen atoms in total. The second-order valence-corrected chi connectivity index (χ2v) is 15.8. The highest BCUT2D eigenvalue weighted by atomic mass is 32.1. The number of aryl methyl sites for hydroxylation is 1. The number of hydrogen-bond donors (Lipinski definition) is 0. The molecule has 2 atom stereocenters. The molecule has 6 heteroatoms. The number of thiophene rings is 1. The molecule has 0 radical (unpaired) electrons. The zero-order chi connectivity index (χ0) is 33.4. The summed E-state index contributed by atoms with van der Waals surface area (Å²) >= 11 is 1.86. The number of benzene rings is 4. The Morgan fingerprint density at radius 3 is 2.71 bits per heavy atom. The Labute approximate surface area is 297 Å². The molecule has 12 rings (SSSR count). The average molecular weight is 678 g/mol. The Balaban J connectivity index is 1.20. The fraction of sp³-hybridized carbons (Fsp3) is 0.200. The highest BCUT2D eigenvalue weighted by Crippen LogP contribution is 2.61. The molecule has 0 spiro atoms. The molecule has 1 aliphatic heterocycles. The van der Waals surface area contributed by atoms with Crippen molar-refractivity contribution in [2.75, 3.05) is 4.90 Å². The molecule has 0 N–H and O–H groups in total. The van der Waals surface area contributed by atoms with Crippen molar-refractivity contribution in [2.45, 2.75) is 56.9 Å². The van der Waals surface area contributed by atoms with Crippen LogP contribution < -0.4 is 4.90 Å². The van der Waals surface area contributed by atoms with E-state index in [1.807, 2.05) is 29.5 Å². The lowest BCUT2D eigenvalue weighted by Gasteiger charge is -2.40. The summed E-state index contributed by atoms with van der Waals surface area (Å²) < 4.78 is 15.4. The average Bonchev–Trinajstić information content (AvgIpc) is 3.92. The molecule has 3 aliphatic rings. The summed E-state index contributed by atoms with van der Waals surface area (Å²) in [6.07, 6.45) is 10.8. The first-order valence-electron chi connectivity index (χ1n) is 18.1. The van der Waals surface area contributed by atoms with E-state index >= 15 is 0 Å². The van der Waals surface area contributed by atoms with E-state index in [1.54, 1.807) is 0 Å². The van der Waals surface area contributed by atoms with Crippen molar-refractivity contribution in [2.24, 2.45) is 0 Å². The van der Waals surface area contributed by atoms with Crippen LogP contribution in [0.3, 0.4) is 0 Å². The van der Waals surface area contributed by atoms with Gasteiger partial charge in [-0.1, -0.05) is 80.4 Å². The van der Waals surface area contributed by atoms with Gasteiger partial charge in [-0.25, -0.2) is 9.97 Å². The molecule has 0 saturated heterocycles. The van der Waals surface area contributed by atoms with Crippen LogP contribution in [0.25, 0.3) is 81.3 Å². The molecule has 9 aromatic rings. The molecule has 5 aromatic carbocycles. The molecule has 0 bridgehead atoms. The molecular weight excluding hydrogens is 647 g/mol. The Morgan fingerprint density at radius 1 is 0.902 bits per heavy atom. The van der Waals surface area contributed by atoms with Gasteiger partial charge in [-0.2, -0.15) is 0 Å². The molecule has 5 heterocycles. The molecule has 51 heavy (non-hydrogen) atoms. The SMILES string of the molecule is CC12CCCCC1N(c1nc(-c3ccc4oc5ccccc5c4c3)c3oc4c(c3n1)CCC=C4)c1c2c2ccccc2c2sc3ccc#cc3c12. The fourth-order valence-corrected chi connectivity index (χ4v) is 10.9. The van der Waals surface area contributed by atoms with Gasteiger partial charge in [0.2, 0.25) is 5.95 Å². The number of allylic oxidation sites excluding steroid dienone is 1. The number of aromatic nitrogens is 2. The lowest BCUT2D eigenvalue weighted by molar-refractivity contribution is 0.290. The standard InChI is InChI=1S/C45H31N3O2S/c1-45-23-11-10-20-36(45)48(41-37-30-16-6-9-19-35(30)51-43(37)28-14-3-2-13-27(28)38(41)45)44-46-39(42-40(47-44)29-15-5-8-18-33(29)50-42)25-21-22-34-31(24-25)26-12-4-7-17-32(26)49-34/h2-4,7-9,12-14,17-19,21-22,24,36H,5,10-11,15,20,23H2,1H3. The van der Waals surface area contributed by atoms with Crippen molar-refractivity contribution in [1.29, 1.82) is 0 Å². The van der Waals surface area contributed by atoms with Crippen LogP contribution in [0.5, 0.6) is 0 Å². The van der Waals surface area contributed by atoms with Gasteiger partial charge in [0.05, 0.1) is 11.1 Å². The maximum absolute atomic E-state index is 6.68. The van der Waals surface area contributed by atoms with Gasteiger partial charge in [-0.15, -0.1) is 11.3 Å². The van der Waals surface area contributed by atoms with Crippen LogP contribution in [0.2, 0.25) is 0 Å². The number of furan rings is 2. The second kappa shape index (κ2) is 9.99. The fourth-order valence-electron chi connectivity index (χ4n) is 9.72. The largest absolute Gasteiger partial charge is 0.456 e. The summed E-state index contributed by atoms with van der Waals surface area (Å²) in [6.45, 7) is 2.50. The van der Waals surface area contributed by atoms with E-state index in [-0.39, 0.29) is 11.5 Å². The van der Waals surface area contributed by atoms with Crippen molar-refractivity contribution < 1.29 is 8.83 Å². The van der Waals surface area contributed by atoms with Gasteiger partial charge >= 0.3 is 0 Å². The molecule has 4 aromatic heterocycles.